The van der Waals surface area contributed by atoms with Crippen molar-refractivity contribution in [1.29, 1.82) is 0 Å². The average Bonchev–Trinajstić information content (AvgIpc) is 2.08. The van der Waals surface area contributed by atoms with Gasteiger partial charge in [0.2, 0.25) is 0 Å². The fraction of sp³-hybridized carbons (Fsp3) is 1.00. The zero-order valence-corrected chi connectivity index (χ0v) is 7.25. The zero-order chi connectivity index (χ0) is 8.91. The van der Waals surface area contributed by atoms with Crippen LogP contribution in [0.1, 0.15) is 26.7 Å². The van der Waals surface area contributed by atoms with Gasteiger partial charge in [-0.3, -0.25) is 0 Å². The van der Waals surface area contributed by atoms with E-state index in [1.807, 2.05) is 13.8 Å². The van der Waals surface area contributed by atoms with Gasteiger partial charge in [0.15, 0.2) is 0 Å². The van der Waals surface area contributed by atoms with E-state index in [2.05, 4.69) is 0 Å². The highest BCUT2D eigenvalue weighted by Gasteiger charge is 2.33. The van der Waals surface area contributed by atoms with E-state index in [9.17, 15) is 5.11 Å². The van der Waals surface area contributed by atoms with Gasteiger partial charge < -0.3 is 15.3 Å². The first-order valence-corrected chi connectivity index (χ1v) is 4.06. The van der Waals surface area contributed by atoms with Crippen molar-refractivity contribution in [1.82, 2.24) is 0 Å². The van der Waals surface area contributed by atoms with Crippen molar-refractivity contribution in [2.75, 3.05) is 13.2 Å². The second kappa shape index (κ2) is 4.70. The molecule has 3 N–H and O–H groups in total. The minimum absolute atomic E-state index is 0.0677. The van der Waals surface area contributed by atoms with Crippen molar-refractivity contribution >= 4 is 0 Å². The lowest BCUT2D eigenvalue weighted by molar-refractivity contribution is -0.0514. The van der Waals surface area contributed by atoms with E-state index in [1.165, 1.54) is 0 Å². The van der Waals surface area contributed by atoms with Gasteiger partial charge in [-0.1, -0.05) is 13.8 Å². The number of rotatable bonds is 5. The summed E-state index contributed by atoms with van der Waals surface area (Å²) < 4.78 is 0. The summed E-state index contributed by atoms with van der Waals surface area (Å²) in [7, 11) is 0. The van der Waals surface area contributed by atoms with Crippen molar-refractivity contribution in [2.24, 2.45) is 5.41 Å². The monoisotopic (exact) mass is 162 g/mol. The molecule has 0 bridgehead atoms. The Labute approximate surface area is 67.7 Å². The van der Waals surface area contributed by atoms with Gasteiger partial charge in [0.05, 0.1) is 19.3 Å². The number of hydrogen-bond donors (Lipinski definition) is 3. The molecule has 0 heterocycles. The van der Waals surface area contributed by atoms with Gasteiger partial charge in [-0.2, -0.15) is 0 Å². The van der Waals surface area contributed by atoms with E-state index in [1.54, 1.807) is 0 Å². The number of aliphatic hydroxyl groups is 3. The molecule has 0 aromatic heterocycles. The van der Waals surface area contributed by atoms with Crippen molar-refractivity contribution in [3.05, 3.63) is 0 Å². The summed E-state index contributed by atoms with van der Waals surface area (Å²) in [6.07, 6.45) is 0.561. The molecule has 0 aromatic carbocycles. The molecule has 0 aliphatic rings. The smallest absolute Gasteiger partial charge is 0.0848 e. The van der Waals surface area contributed by atoms with E-state index in [4.69, 9.17) is 10.2 Å². The van der Waals surface area contributed by atoms with E-state index >= 15 is 0 Å². The van der Waals surface area contributed by atoms with Crippen LogP contribution in [0.25, 0.3) is 0 Å². The van der Waals surface area contributed by atoms with Crippen LogP contribution in [-0.2, 0) is 0 Å². The molecule has 3 heteroatoms. The highest BCUT2D eigenvalue weighted by molar-refractivity contribution is 4.82. The van der Waals surface area contributed by atoms with Crippen LogP contribution >= 0.6 is 0 Å². The van der Waals surface area contributed by atoms with Crippen LogP contribution in [0, 0.1) is 5.41 Å². The van der Waals surface area contributed by atoms with Gasteiger partial charge in [0, 0.05) is 5.41 Å². The van der Waals surface area contributed by atoms with E-state index in [0.29, 0.717) is 12.8 Å². The average molecular weight is 162 g/mol. The Hall–Kier alpha value is -0.120. The molecule has 1 atom stereocenters. The van der Waals surface area contributed by atoms with Gasteiger partial charge in [-0.05, 0) is 12.8 Å². The standard InChI is InChI=1S/C8H18O3/c1-3-8(4-2,6-10)7(11)5-9/h7,9-11H,3-6H2,1-2H3. The molecular formula is C8H18O3. The molecule has 3 nitrogen and oxygen atoms in total. The summed E-state index contributed by atoms with van der Waals surface area (Å²) in [6.45, 7) is 3.46. The summed E-state index contributed by atoms with van der Waals surface area (Å²) in [4.78, 5) is 0. The molecule has 11 heavy (non-hydrogen) atoms. The molecule has 0 spiro atoms. The summed E-state index contributed by atoms with van der Waals surface area (Å²) >= 11 is 0. The van der Waals surface area contributed by atoms with Crippen molar-refractivity contribution in [2.45, 2.75) is 32.8 Å². The Morgan fingerprint density at radius 3 is 1.73 bits per heavy atom. The van der Waals surface area contributed by atoms with Crippen LogP contribution in [0.3, 0.4) is 0 Å². The van der Waals surface area contributed by atoms with E-state index < -0.39 is 11.5 Å². The largest absolute Gasteiger partial charge is 0.396 e. The molecule has 0 aromatic rings. The molecule has 1 unspecified atom stereocenters. The Balaban J connectivity index is 4.26. The molecule has 0 rings (SSSR count). The first-order chi connectivity index (χ1) is 5.16. The molecule has 0 amide bonds. The normalized spacial score (nSPS) is 15.0. The van der Waals surface area contributed by atoms with Crippen molar-refractivity contribution in [3.8, 4) is 0 Å². The molecule has 0 saturated carbocycles. The first-order valence-electron chi connectivity index (χ1n) is 4.06. The molecular weight excluding hydrogens is 144 g/mol. The summed E-state index contributed by atoms with van der Waals surface area (Å²) in [5.74, 6) is 0. The molecule has 0 radical (unpaired) electrons. The topological polar surface area (TPSA) is 60.7 Å². The molecule has 0 fully saturated rings. The molecule has 68 valence electrons. The minimum atomic E-state index is -0.803. The number of aliphatic hydroxyl groups excluding tert-OH is 3. The summed E-state index contributed by atoms with van der Waals surface area (Å²) in [6, 6.07) is 0. The second-order valence-electron chi connectivity index (χ2n) is 2.93. The maximum absolute atomic E-state index is 9.36. The summed E-state index contributed by atoms with van der Waals surface area (Å²) in [5, 5.41) is 27.1. The highest BCUT2D eigenvalue weighted by Crippen LogP contribution is 2.29. The van der Waals surface area contributed by atoms with Crippen molar-refractivity contribution in [3.63, 3.8) is 0 Å². The minimum Gasteiger partial charge on any atom is -0.396 e. The lowest BCUT2D eigenvalue weighted by atomic mass is 9.78. The van der Waals surface area contributed by atoms with Crippen LogP contribution in [0.2, 0.25) is 0 Å². The molecule has 0 aliphatic carbocycles. The van der Waals surface area contributed by atoms with Gasteiger partial charge in [0.1, 0.15) is 0 Å². The Kier molecular flexibility index (Phi) is 4.65. The lowest BCUT2D eigenvalue weighted by Crippen LogP contribution is -2.39. The number of hydrogen-bond acceptors (Lipinski definition) is 3. The third-order valence-corrected chi connectivity index (χ3v) is 2.60. The predicted molar refractivity (Wildman–Crippen MR) is 43.2 cm³/mol. The Bertz CT molecular complexity index is 91.2. The second-order valence-corrected chi connectivity index (χ2v) is 2.93. The Morgan fingerprint density at radius 1 is 1.18 bits per heavy atom. The lowest BCUT2D eigenvalue weighted by Gasteiger charge is -2.33. The predicted octanol–water partition coefficient (Wildman–Crippen LogP) is 0.138. The van der Waals surface area contributed by atoms with Crippen LogP contribution in [0.4, 0.5) is 0 Å². The van der Waals surface area contributed by atoms with Gasteiger partial charge >= 0.3 is 0 Å². The van der Waals surface area contributed by atoms with Crippen LogP contribution in [0.5, 0.6) is 0 Å². The SMILES string of the molecule is CCC(CC)(CO)C(O)CO. The fourth-order valence-electron chi connectivity index (χ4n) is 1.24. The maximum atomic E-state index is 9.36. The van der Waals surface area contributed by atoms with Crippen LogP contribution in [-0.4, -0.2) is 34.6 Å². The van der Waals surface area contributed by atoms with Gasteiger partial charge in [0.25, 0.3) is 0 Å². The molecule has 0 saturated heterocycles. The fourth-order valence-corrected chi connectivity index (χ4v) is 1.24. The molecule has 0 aliphatic heterocycles. The first kappa shape index (κ1) is 10.9. The quantitative estimate of drug-likeness (QED) is 0.539. The third-order valence-electron chi connectivity index (χ3n) is 2.60. The summed E-state index contributed by atoms with van der Waals surface area (Å²) in [5.41, 5.74) is -0.505. The van der Waals surface area contributed by atoms with Crippen molar-refractivity contribution < 1.29 is 15.3 Å². The maximum Gasteiger partial charge on any atom is 0.0848 e. The highest BCUT2D eigenvalue weighted by atomic mass is 16.3. The Morgan fingerprint density at radius 2 is 1.64 bits per heavy atom. The van der Waals surface area contributed by atoms with Gasteiger partial charge in [-0.15, -0.1) is 0 Å². The third kappa shape index (κ3) is 2.15. The zero-order valence-electron chi connectivity index (χ0n) is 7.25. The van der Waals surface area contributed by atoms with Crippen LogP contribution < -0.4 is 0 Å². The van der Waals surface area contributed by atoms with Gasteiger partial charge in [-0.25, -0.2) is 0 Å². The van der Waals surface area contributed by atoms with Crippen LogP contribution in [0.15, 0.2) is 0 Å². The van der Waals surface area contributed by atoms with E-state index in [-0.39, 0.29) is 13.2 Å². The van der Waals surface area contributed by atoms with E-state index in [0.717, 1.165) is 0 Å².